The third-order valence-corrected chi connectivity index (χ3v) is 6.92. The molecule has 1 aromatic carbocycles. The standard InChI is InChI=1S/C22H25ClN4O2S/c1-14-6-7-17(10-20(14)23)27-13-24-25-22(27)30-12-21(28)19-9-15(2)26(16(19)3)11-18-5-4-8-29-18/h6-7,9-10,13,18H,4-5,8,11-12H2,1-3H3. The van der Waals surface area contributed by atoms with Crippen LogP contribution in [0.15, 0.2) is 35.7 Å². The van der Waals surface area contributed by atoms with Crippen molar-refractivity contribution in [2.75, 3.05) is 12.4 Å². The van der Waals surface area contributed by atoms with E-state index in [4.69, 9.17) is 16.3 Å². The topological polar surface area (TPSA) is 61.9 Å². The molecule has 1 atom stereocenters. The van der Waals surface area contributed by atoms with Crippen molar-refractivity contribution in [3.63, 3.8) is 0 Å². The number of hydrogen-bond acceptors (Lipinski definition) is 5. The van der Waals surface area contributed by atoms with Crippen LogP contribution in [0.1, 0.15) is 40.2 Å². The summed E-state index contributed by atoms with van der Waals surface area (Å²) in [6, 6.07) is 7.79. The fourth-order valence-electron chi connectivity index (χ4n) is 3.80. The molecule has 2 aromatic heterocycles. The molecule has 0 saturated carbocycles. The number of aryl methyl sites for hydroxylation is 2. The number of carbonyl (C=O) groups excluding carboxylic acids is 1. The van der Waals surface area contributed by atoms with E-state index >= 15 is 0 Å². The van der Waals surface area contributed by atoms with Crippen LogP contribution in [0.3, 0.4) is 0 Å². The van der Waals surface area contributed by atoms with Crippen LogP contribution in [0, 0.1) is 20.8 Å². The Labute approximate surface area is 185 Å². The van der Waals surface area contributed by atoms with Crippen LogP contribution in [0.25, 0.3) is 5.69 Å². The average molecular weight is 445 g/mol. The maximum absolute atomic E-state index is 13.0. The Morgan fingerprint density at radius 1 is 1.30 bits per heavy atom. The second-order valence-corrected chi connectivity index (χ2v) is 9.01. The number of ether oxygens (including phenoxy) is 1. The van der Waals surface area contributed by atoms with Gasteiger partial charge in [0.2, 0.25) is 0 Å². The normalized spacial score (nSPS) is 16.3. The zero-order valence-electron chi connectivity index (χ0n) is 17.4. The van der Waals surface area contributed by atoms with Crippen molar-refractivity contribution >= 4 is 29.1 Å². The minimum atomic E-state index is 0.0863. The Balaban J connectivity index is 1.47. The van der Waals surface area contributed by atoms with Gasteiger partial charge >= 0.3 is 0 Å². The maximum atomic E-state index is 13.0. The molecule has 1 aliphatic rings. The maximum Gasteiger partial charge on any atom is 0.196 e. The summed E-state index contributed by atoms with van der Waals surface area (Å²) < 4.78 is 9.82. The highest BCUT2D eigenvalue weighted by atomic mass is 35.5. The van der Waals surface area contributed by atoms with E-state index in [2.05, 4.69) is 14.8 Å². The molecule has 0 amide bonds. The molecule has 0 bridgehead atoms. The van der Waals surface area contributed by atoms with Crippen molar-refractivity contribution in [1.29, 1.82) is 0 Å². The number of nitrogens with zero attached hydrogens (tertiary/aromatic N) is 4. The Kier molecular flexibility index (Phi) is 6.32. The predicted molar refractivity (Wildman–Crippen MR) is 119 cm³/mol. The van der Waals surface area contributed by atoms with E-state index in [9.17, 15) is 4.79 Å². The Morgan fingerprint density at radius 2 is 2.13 bits per heavy atom. The summed E-state index contributed by atoms with van der Waals surface area (Å²) in [5.74, 6) is 0.380. The number of aromatic nitrogens is 4. The van der Waals surface area contributed by atoms with E-state index in [0.717, 1.165) is 54.2 Å². The van der Waals surface area contributed by atoms with Gasteiger partial charge in [0, 0.05) is 35.1 Å². The van der Waals surface area contributed by atoms with Crippen LogP contribution in [0.2, 0.25) is 5.02 Å². The largest absolute Gasteiger partial charge is 0.376 e. The SMILES string of the molecule is Cc1ccc(-n2cnnc2SCC(=O)c2cc(C)n(CC3CCCO3)c2C)cc1Cl. The molecule has 1 saturated heterocycles. The van der Waals surface area contributed by atoms with E-state index in [0.29, 0.717) is 15.9 Å². The molecule has 3 heterocycles. The molecule has 1 aliphatic heterocycles. The van der Waals surface area contributed by atoms with E-state index < -0.39 is 0 Å². The van der Waals surface area contributed by atoms with Crippen molar-refractivity contribution in [3.8, 4) is 5.69 Å². The lowest BCUT2D eigenvalue weighted by Crippen LogP contribution is -2.17. The number of benzene rings is 1. The number of Topliss-reactive ketones (excluding diaryl/α,β-unsaturated/α-hetero) is 1. The Morgan fingerprint density at radius 3 is 2.87 bits per heavy atom. The van der Waals surface area contributed by atoms with Gasteiger partial charge in [0.25, 0.3) is 0 Å². The average Bonchev–Trinajstić information content (AvgIpc) is 3.46. The second kappa shape index (κ2) is 8.96. The van der Waals surface area contributed by atoms with Gasteiger partial charge in [-0.1, -0.05) is 29.4 Å². The highest BCUT2D eigenvalue weighted by Gasteiger charge is 2.21. The van der Waals surface area contributed by atoms with Crippen LogP contribution in [-0.2, 0) is 11.3 Å². The number of thioether (sulfide) groups is 1. The van der Waals surface area contributed by atoms with E-state index in [1.807, 2.05) is 49.6 Å². The first-order chi connectivity index (χ1) is 14.4. The highest BCUT2D eigenvalue weighted by Crippen LogP contribution is 2.26. The monoisotopic (exact) mass is 444 g/mol. The summed E-state index contributed by atoms with van der Waals surface area (Å²) in [7, 11) is 0. The van der Waals surface area contributed by atoms with Crippen molar-refractivity contribution in [2.24, 2.45) is 0 Å². The zero-order chi connectivity index (χ0) is 21.3. The predicted octanol–water partition coefficient (Wildman–Crippen LogP) is 4.80. The zero-order valence-corrected chi connectivity index (χ0v) is 19.0. The number of halogens is 1. The molecule has 3 aromatic rings. The number of hydrogen-bond donors (Lipinski definition) is 0. The third kappa shape index (κ3) is 4.33. The summed E-state index contributed by atoms with van der Waals surface area (Å²) in [6.07, 6.45) is 4.07. The van der Waals surface area contributed by atoms with E-state index in [1.165, 1.54) is 11.8 Å². The summed E-state index contributed by atoms with van der Waals surface area (Å²) in [4.78, 5) is 13.0. The first-order valence-electron chi connectivity index (χ1n) is 10.0. The van der Waals surface area contributed by atoms with Crippen LogP contribution in [0.5, 0.6) is 0 Å². The van der Waals surface area contributed by atoms with Gasteiger partial charge in [0.05, 0.1) is 17.5 Å². The van der Waals surface area contributed by atoms with Gasteiger partial charge in [0.15, 0.2) is 10.9 Å². The van der Waals surface area contributed by atoms with Crippen LogP contribution in [0.4, 0.5) is 0 Å². The van der Waals surface area contributed by atoms with Crippen molar-refractivity contribution in [1.82, 2.24) is 19.3 Å². The fourth-order valence-corrected chi connectivity index (χ4v) is 4.78. The first kappa shape index (κ1) is 21.2. The molecular formula is C22H25ClN4O2S. The first-order valence-corrected chi connectivity index (χ1v) is 11.4. The molecule has 0 N–H and O–H groups in total. The van der Waals surface area contributed by atoms with Crippen molar-refractivity contribution < 1.29 is 9.53 Å². The van der Waals surface area contributed by atoms with Gasteiger partial charge in [-0.05, 0) is 57.4 Å². The molecule has 8 heteroatoms. The van der Waals surface area contributed by atoms with E-state index in [1.54, 1.807) is 6.33 Å². The molecular weight excluding hydrogens is 420 g/mol. The van der Waals surface area contributed by atoms with Gasteiger partial charge in [-0.15, -0.1) is 10.2 Å². The molecule has 158 valence electrons. The van der Waals surface area contributed by atoms with Crippen LogP contribution in [-0.4, -0.2) is 43.6 Å². The molecule has 1 fully saturated rings. The second-order valence-electron chi connectivity index (χ2n) is 7.66. The Bertz CT molecular complexity index is 1070. The summed E-state index contributed by atoms with van der Waals surface area (Å²) >= 11 is 7.64. The minimum Gasteiger partial charge on any atom is -0.376 e. The summed E-state index contributed by atoms with van der Waals surface area (Å²) in [6.45, 7) is 7.65. The van der Waals surface area contributed by atoms with Gasteiger partial charge in [-0.2, -0.15) is 0 Å². The quantitative estimate of drug-likeness (QED) is 0.387. The molecule has 0 spiro atoms. The smallest absolute Gasteiger partial charge is 0.196 e. The summed E-state index contributed by atoms with van der Waals surface area (Å²) in [5.41, 5.74) is 4.74. The summed E-state index contributed by atoms with van der Waals surface area (Å²) in [5, 5.41) is 9.55. The number of carbonyl (C=O) groups is 1. The van der Waals surface area contributed by atoms with Gasteiger partial charge in [-0.25, -0.2) is 0 Å². The minimum absolute atomic E-state index is 0.0863. The van der Waals surface area contributed by atoms with Crippen LogP contribution >= 0.6 is 23.4 Å². The molecule has 30 heavy (non-hydrogen) atoms. The lowest BCUT2D eigenvalue weighted by molar-refractivity contribution is 0.0957. The van der Waals surface area contributed by atoms with Crippen molar-refractivity contribution in [2.45, 2.75) is 51.4 Å². The van der Waals surface area contributed by atoms with Gasteiger partial charge < -0.3 is 9.30 Å². The van der Waals surface area contributed by atoms with Crippen LogP contribution < -0.4 is 0 Å². The Hall–Kier alpha value is -2.09. The number of ketones is 1. The molecule has 6 nitrogen and oxygen atoms in total. The lowest BCUT2D eigenvalue weighted by atomic mass is 10.2. The molecule has 0 radical (unpaired) electrons. The van der Waals surface area contributed by atoms with Crippen molar-refractivity contribution in [3.05, 3.63) is 58.1 Å². The van der Waals surface area contributed by atoms with Gasteiger partial charge in [0.1, 0.15) is 6.33 Å². The van der Waals surface area contributed by atoms with Gasteiger partial charge in [-0.3, -0.25) is 9.36 Å². The third-order valence-electron chi connectivity index (χ3n) is 5.57. The number of rotatable bonds is 7. The molecule has 1 unspecified atom stereocenters. The van der Waals surface area contributed by atoms with E-state index in [-0.39, 0.29) is 11.9 Å². The highest BCUT2D eigenvalue weighted by molar-refractivity contribution is 7.99. The lowest BCUT2D eigenvalue weighted by Gasteiger charge is -2.14. The fraction of sp³-hybridized carbons (Fsp3) is 0.409. The molecule has 4 rings (SSSR count). The molecule has 0 aliphatic carbocycles.